The van der Waals surface area contributed by atoms with Crippen molar-refractivity contribution in [2.45, 2.75) is 36.2 Å². The number of benzene rings is 2. The molecule has 0 unspecified atom stereocenters. The van der Waals surface area contributed by atoms with Gasteiger partial charge in [0.1, 0.15) is 0 Å². The molecule has 2 rings (SSSR count). The maximum atomic E-state index is 6.10. The number of nitrogens with one attached hydrogen (secondary N) is 1. The molecule has 0 amide bonds. The van der Waals surface area contributed by atoms with Crippen LogP contribution in [0.3, 0.4) is 0 Å². The first kappa shape index (κ1) is 15.7. The summed E-state index contributed by atoms with van der Waals surface area (Å²) in [6.45, 7) is 5.07. The zero-order chi connectivity index (χ0) is 14.5. The summed E-state index contributed by atoms with van der Waals surface area (Å²) in [6, 6.07) is 14.3. The summed E-state index contributed by atoms with van der Waals surface area (Å²) in [5.41, 5.74) is 1.20. The third-order valence-electron chi connectivity index (χ3n) is 2.75. The van der Waals surface area contributed by atoms with Crippen molar-refractivity contribution >= 4 is 35.0 Å². The van der Waals surface area contributed by atoms with Crippen LogP contribution in [0.25, 0.3) is 0 Å². The van der Waals surface area contributed by atoms with Crippen LogP contribution in [-0.4, -0.2) is 6.04 Å². The third-order valence-corrected chi connectivity index (χ3v) is 4.33. The van der Waals surface area contributed by atoms with Crippen LogP contribution in [0.4, 0.5) is 0 Å². The van der Waals surface area contributed by atoms with Gasteiger partial charge < -0.3 is 5.32 Å². The van der Waals surface area contributed by atoms with E-state index in [1.54, 1.807) is 11.8 Å². The second kappa shape index (κ2) is 7.37. The molecule has 4 heteroatoms. The van der Waals surface area contributed by atoms with Gasteiger partial charge in [0.25, 0.3) is 0 Å². The Balaban J connectivity index is 2.21. The Morgan fingerprint density at radius 1 is 1.05 bits per heavy atom. The van der Waals surface area contributed by atoms with Gasteiger partial charge in [0, 0.05) is 32.4 Å². The maximum Gasteiger partial charge on any atom is 0.0417 e. The van der Waals surface area contributed by atoms with E-state index in [1.807, 2.05) is 30.3 Å². The Labute approximate surface area is 134 Å². The fourth-order valence-corrected chi connectivity index (χ4v) is 3.19. The van der Waals surface area contributed by atoms with E-state index in [0.29, 0.717) is 6.04 Å². The van der Waals surface area contributed by atoms with Crippen molar-refractivity contribution in [1.29, 1.82) is 0 Å². The Hall–Kier alpha value is -0.670. The summed E-state index contributed by atoms with van der Waals surface area (Å²) in [7, 11) is 0. The molecule has 2 aromatic rings. The normalized spacial score (nSPS) is 11.1. The first-order chi connectivity index (χ1) is 9.54. The minimum Gasteiger partial charge on any atom is -0.310 e. The first-order valence-electron chi connectivity index (χ1n) is 6.50. The molecule has 0 heterocycles. The Kier molecular flexibility index (Phi) is 5.79. The predicted molar refractivity (Wildman–Crippen MR) is 89.0 cm³/mol. The molecular weight excluding hydrogens is 309 g/mol. The fraction of sp³-hybridized carbons (Fsp3) is 0.250. The van der Waals surface area contributed by atoms with Gasteiger partial charge in [-0.3, -0.25) is 0 Å². The SMILES string of the molecule is CC(C)NCc1cc(Cl)ccc1Sc1cccc(Cl)c1. The van der Waals surface area contributed by atoms with E-state index in [1.165, 1.54) is 10.5 Å². The molecular formula is C16H17Cl2NS. The van der Waals surface area contributed by atoms with Crippen LogP contribution >= 0.6 is 35.0 Å². The third kappa shape index (κ3) is 4.71. The Bertz CT molecular complexity index is 584. The maximum absolute atomic E-state index is 6.10. The van der Waals surface area contributed by atoms with E-state index in [9.17, 15) is 0 Å². The molecule has 1 nitrogen and oxygen atoms in total. The van der Waals surface area contributed by atoms with Gasteiger partial charge in [-0.25, -0.2) is 0 Å². The molecule has 0 aliphatic heterocycles. The lowest BCUT2D eigenvalue weighted by molar-refractivity contribution is 0.585. The minimum absolute atomic E-state index is 0.443. The smallest absolute Gasteiger partial charge is 0.0417 e. The zero-order valence-corrected chi connectivity index (χ0v) is 13.8. The Morgan fingerprint density at radius 2 is 1.80 bits per heavy atom. The Morgan fingerprint density at radius 3 is 2.50 bits per heavy atom. The van der Waals surface area contributed by atoms with Gasteiger partial charge in [-0.15, -0.1) is 0 Å². The van der Waals surface area contributed by atoms with Gasteiger partial charge in [0.05, 0.1) is 0 Å². The molecule has 0 saturated carbocycles. The zero-order valence-electron chi connectivity index (χ0n) is 11.5. The molecule has 0 aliphatic carbocycles. The van der Waals surface area contributed by atoms with Gasteiger partial charge in [-0.1, -0.05) is 54.9 Å². The number of rotatable bonds is 5. The largest absolute Gasteiger partial charge is 0.310 e. The molecule has 2 aromatic carbocycles. The van der Waals surface area contributed by atoms with E-state index >= 15 is 0 Å². The van der Waals surface area contributed by atoms with Crippen LogP contribution in [0.5, 0.6) is 0 Å². The molecule has 106 valence electrons. The van der Waals surface area contributed by atoms with E-state index in [2.05, 4.69) is 31.3 Å². The summed E-state index contributed by atoms with van der Waals surface area (Å²) in [6.07, 6.45) is 0. The van der Waals surface area contributed by atoms with Crippen molar-refractivity contribution in [3.05, 3.63) is 58.1 Å². The monoisotopic (exact) mass is 325 g/mol. The fourth-order valence-electron chi connectivity index (χ4n) is 1.76. The lowest BCUT2D eigenvalue weighted by atomic mass is 10.2. The topological polar surface area (TPSA) is 12.0 Å². The molecule has 0 bridgehead atoms. The first-order valence-corrected chi connectivity index (χ1v) is 8.07. The second-order valence-corrected chi connectivity index (χ2v) is 6.84. The van der Waals surface area contributed by atoms with Crippen LogP contribution < -0.4 is 5.32 Å². The van der Waals surface area contributed by atoms with Gasteiger partial charge in [-0.05, 0) is 42.0 Å². The lowest BCUT2D eigenvalue weighted by Crippen LogP contribution is -2.22. The highest BCUT2D eigenvalue weighted by Gasteiger charge is 2.07. The van der Waals surface area contributed by atoms with Crippen LogP contribution in [-0.2, 0) is 6.54 Å². The van der Waals surface area contributed by atoms with Gasteiger partial charge in [0.2, 0.25) is 0 Å². The highest BCUT2D eigenvalue weighted by molar-refractivity contribution is 7.99. The average Bonchev–Trinajstić information content (AvgIpc) is 2.39. The second-order valence-electron chi connectivity index (χ2n) is 4.85. The van der Waals surface area contributed by atoms with Crippen molar-refractivity contribution in [3.8, 4) is 0 Å². The molecule has 0 saturated heterocycles. The molecule has 0 aromatic heterocycles. The van der Waals surface area contributed by atoms with Crippen LogP contribution in [0.2, 0.25) is 10.0 Å². The summed E-state index contributed by atoms with van der Waals surface area (Å²) in [5, 5.41) is 4.95. The van der Waals surface area contributed by atoms with Gasteiger partial charge >= 0.3 is 0 Å². The number of hydrogen-bond acceptors (Lipinski definition) is 2. The van der Waals surface area contributed by atoms with E-state index < -0.39 is 0 Å². The number of hydrogen-bond donors (Lipinski definition) is 1. The van der Waals surface area contributed by atoms with Gasteiger partial charge in [0.15, 0.2) is 0 Å². The molecule has 0 spiro atoms. The van der Waals surface area contributed by atoms with E-state index in [4.69, 9.17) is 23.2 Å². The van der Waals surface area contributed by atoms with Crippen LogP contribution in [0, 0.1) is 0 Å². The summed E-state index contributed by atoms with van der Waals surface area (Å²) in [5.74, 6) is 0. The van der Waals surface area contributed by atoms with Crippen molar-refractivity contribution in [1.82, 2.24) is 5.32 Å². The summed E-state index contributed by atoms with van der Waals surface area (Å²) >= 11 is 13.8. The van der Waals surface area contributed by atoms with E-state index in [-0.39, 0.29) is 0 Å². The molecule has 20 heavy (non-hydrogen) atoms. The van der Waals surface area contributed by atoms with Crippen molar-refractivity contribution in [3.63, 3.8) is 0 Å². The highest BCUT2D eigenvalue weighted by atomic mass is 35.5. The van der Waals surface area contributed by atoms with Crippen molar-refractivity contribution in [2.24, 2.45) is 0 Å². The molecule has 0 fully saturated rings. The molecule has 0 radical (unpaired) electrons. The molecule has 0 aliphatic rings. The standard InChI is InChI=1S/C16H17Cl2NS/c1-11(2)19-10-12-8-14(18)6-7-16(12)20-15-5-3-4-13(17)9-15/h3-9,11,19H,10H2,1-2H3. The van der Waals surface area contributed by atoms with Crippen LogP contribution in [0.15, 0.2) is 52.3 Å². The highest BCUT2D eigenvalue weighted by Crippen LogP contribution is 2.33. The predicted octanol–water partition coefficient (Wildman–Crippen LogP) is 5.64. The van der Waals surface area contributed by atoms with Crippen LogP contribution in [0.1, 0.15) is 19.4 Å². The molecule has 1 N–H and O–H groups in total. The van der Waals surface area contributed by atoms with E-state index in [0.717, 1.165) is 21.5 Å². The summed E-state index contributed by atoms with van der Waals surface area (Å²) in [4.78, 5) is 2.33. The van der Waals surface area contributed by atoms with Crippen molar-refractivity contribution < 1.29 is 0 Å². The van der Waals surface area contributed by atoms with Crippen molar-refractivity contribution in [2.75, 3.05) is 0 Å². The lowest BCUT2D eigenvalue weighted by Gasteiger charge is -2.13. The van der Waals surface area contributed by atoms with Gasteiger partial charge in [-0.2, -0.15) is 0 Å². The average molecular weight is 326 g/mol. The number of halogens is 2. The minimum atomic E-state index is 0.443. The molecule has 0 atom stereocenters. The quantitative estimate of drug-likeness (QED) is 0.763. The summed E-state index contributed by atoms with van der Waals surface area (Å²) < 4.78 is 0.